The fourth-order valence-electron chi connectivity index (χ4n) is 9.67. The van der Waals surface area contributed by atoms with Crippen molar-refractivity contribution in [3.63, 3.8) is 0 Å². The van der Waals surface area contributed by atoms with Gasteiger partial charge in [-0.1, -0.05) is 62.4 Å². The van der Waals surface area contributed by atoms with E-state index < -0.39 is 106 Å². The highest BCUT2D eigenvalue weighted by atomic mass is 16.6. The van der Waals surface area contributed by atoms with Crippen molar-refractivity contribution >= 4 is 23.8 Å². The van der Waals surface area contributed by atoms with Crippen LogP contribution in [0, 0.1) is 16.7 Å². The molecular formula is C43H55NO13. The van der Waals surface area contributed by atoms with E-state index in [-0.39, 0.29) is 24.2 Å². The molecule has 3 fully saturated rings. The molecule has 1 aliphatic heterocycles. The number of amides is 1. The topological polar surface area (TPSA) is 196 Å². The Bertz CT molecular complexity index is 1890. The molecule has 1 heterocycles. The molecule has 6 rings (SSSR count). The van der Waals surface area contributed by atoms with Crippen LogP contribution >= 0.6 is 0 Å². The third kappa shape index (κ3) is 7.08. The second kappa shape index (κ2) is 15.2. The van der Waals surface area contributed by atoms with Gasteiger partial charge in [0.05, 0.1) is 35.8 Å². The van der Waals surface area contributed by atoms with Gasteiger partial charge in [0.2, 0.25) is 0 Å². The molecule has 11 unspecified atom stereocenters. The standard InChI is InChI=1S/C43H55NO13/c1-23-26(55-37(48)31(45)30(24-16-12-10-13-17-24)44-38(49)57-39(2,3)4)21-43(51)35(56-36(47)25-18-14-11-15-19-25)33-41(7,27(52-8)20-28-42(33,50)22-54-28)34(46)32(53-9)29(23)40(43,5)6/h10-19,26-28,30-33,35,45,50-51H,20-22H2,1-9H3,(H,44,49). The van der Waals surface area contributed by atoms with E-state index >= 15 is 4.79 Å². The van der Waals surface area contributed by atoms with Gasteiger partial charge in [0.1, 0.15) is 35.1 Å². The highest BCUT2D eigenvalue weighted by Gasteiger charge is 2.76. The summed E-state index contributed by atoms with van der Waals surface area (Å²) < 4.78 is 35.7. The third-order valence-electron chi connectivity index (χ3n) is 12.7. The number of Topliss-reactive ketones (excluding diaryl/α,β-unsaturated/α-hetero) is 1. The molecule has 11 atom stereocenters. The van der Waals surface area contributed by atoms with Gasteiger partial charge in [0.15, 0.2) is 11.9 Å². The van der Waals surface area contributed by atoms with Gasteiger partial charge in [0.25, 0.3) is 0 Å². The summed E-state index contributed by atoms with van der Waals surface area (Å²) in [6.07, 6.45) is -9.10. The van der Waals surface area contributed by atoms with Crippen molar-refractivity contribution in [2.24, 2.45) is 16.7 Å². The maximum absolute atomic E-state index is 15.3. The van der Waals surface area contributed by atoms with E-state index in [1.807, 2.05) is 0 Å². The number of ketones is 1. The van der Waals surface area contributed by atoms with Crippen LogP contribution in [0.5, 0.6) is 0 Å². The van der Waals surface area contributed by atoms with E-state index in [9.17, 15) is 29.7 Å². The number of esters is 2. The van der Waals surface area contributed by atoms with Gasteiger partial charge in [0, 0.05) is 38.4 Å². The van der Waals surface area contributed by atoms with Gasteiger partial charge in [-0.3, -0.25) is 4.79 Å². The lowest BCUT2D eigenvalue weighted by molar-refractivity contribution is -0.345. The Morgan fingerprint density at radius 3 is 2.09 bits per heavy atom. The van der Waals surface area contributed by atoms with E-state index in [1.165, 1.54) is 14.2 Å². The molecule has 3 aliphatic carbocycles. The lowest BCUT2D eigenvalue weighted by Gasteiger charge is -2.67. The number of methoxy groups -OCH3 is 2. The molecule has 14 nitrogen and oxygen atoms in total. The van der Waals surface area contributed by atoms with Crippen molar-refractivity contribution in [3.8, 4) is 0 Å². The van der Waals surface area contributed by atoms with E-state index in [2.05, 4.69) is 5.32 Å². The minimum absolute atomic E-state index is 0.138. The summed E-state index contributed by atoms with van der Waals surface area (Å²) in [6, 6.07) is 15.1. The van der Waals surface area contributed by atoms with Crippen molar-refractivity contribution in [1.29, 1.82) is 0 Å². The van der Waals surface area contributed by atoms with Gasteiger partial charge in [-0.05, 0) is 63.5 Å². The number of benzene rings is 2. The van der Waals surface area contributed by atoms with Gasteiger partial charge < -0.3 is 49.1 Å². The second-order valence-corrected chi connectivity index (χ2v) is 17.4. The van der Waals surface area contributed by atoms with E-state index in [4.69, 9.17) is 28.4 Å². The van der Waals surface area contributed by atoms with Crippen LogP contribution in [-0.4, -0.2) is 113 Å². The molecule has 4 aliphatic rings. The zero-order valence-corrected chi connectivity index (χ0v) is 33.9. The Kier molecular flexibility index (Phi) is 11.3. The number of rotatable bonds is 9. The van der Waals surface area contributed by atoms with Crippen LogP contribution in [0.25, 0.3) is 0 Å². The summed E-state index contributed by atoms with van der Waals surface area (Å²) in [4.78, 5) is 56.5. The molecule has 57 heavy (non-hydrogen) atoms. The Hall–Kier alpha value is -4.18. The molecule has 2 aromatic rings. The van der Waals surface area contributed by atoms with E-state index in [0.717, 1.165) is 0 Å². The number of nitrogens with one attached hydrogen (secondary N) is 1. The quantitative estimate of drug-likeness (QED) is 0.162. The Morgan fingerprint density at radius 1 is 0.930 bits per heavy atom. The maximum atomic E-state index is 15.3. The molecule has 2 bridgehead atoms. The molecule has 0 spiro atoms. The smallest absolute Gasteiger partial charge is 0.408 e. The van der Waals surface area contributed by atoms with Crippen LogP contribution in [0.2, 0.25) is 0 Å². The fraction of sp³-hybridized carbons (Fsp3) is 0.581. The Balaban J connectivity index is 1.48. The van der Waals surface area contributed by atoms with E-state index in [1.54, 1.807) is 109 Å². The molecular weight excluding hydrogens is 738 g/mol. The maximum Gasteiger partial charge on any atom is 0.408 e. The van der Waals surface area contributed by atoms with Crippen LogP contribution < -0.4 is 5.32 Å². The Morgan fingerprint density at radius 2 is 1.54 bits per heavy atom. The van der Waals surface area contributed by atoms with Gasteiger partial charge in [-0.15, -0.1) is 0 Å². The van der Waals surface area contributed by atoms with Crippen LogP contribution in [0.4, 0.5) is 4.79 Å². The number of hydrogen-bond acceptors (Lipinski definition) is 13. The van der Waals surface area contributed by atoms with Gasteiger partial charge in [-0.25, -0.2) is 14.4 Å². The fourth-order valence-corrected chi connectivity index (χ4v) is 9.67. The summed E-state index contributed by atoms with van der Waals surface area (Å²) >= 11 is 0. The number of carbonyl (C=O) groups excluding carboxylic acids is 4. The normalized spacial score (nSPS) is 34.2. The number of fused-ring (bicyclic) bond motifs is 5. The highest BCUT2D eigenvalue weighted by molar-refractivity contribution is 5.94. The minimum Gasteiger partial charge on any atom is -0.456 e. The van der Waals surface area contributed by atoms with Crippen molar-refractivity contribution < 1.29 is 62.9 Å². The summed E-state index contributed by atoms with van der Waals surface area (Å²) in [6.45, 7) is 11.5. The van der Waals surface area contributed by atoms with Crippen LogP contribution in [0.1, 0.15) is 83.3 Å². The molecule has 1 saturated heterocycles. The molecule has 2 aromatic carbocycles. The number of hydrogen-bond donors (Lipinski definition) is 4. The number of carbonyl (C=O) groups is 4. The molecule has 310 valence electrons. The van der Waals surface area contributed by atoms with Crippen molar-refractivity contribution in [2.45, 2.75) is 121 Å². The van der Waals surface area contributed by atoms with Crippen molar-refractivity contribution in [3.05, 3.63) is 82.9 Å². The average molecular weight is 794 g/mol. The summed E-state index contributed by atoms with van der Waals surface area (Å²) in [7, 11) is 2.80. The van der Waals surface area contributed by atoms with E-state index in [0.29, 0.717) is 11.1 Å². The number of alkyl carbamates (subject to hydrolysis) is 1. The molecule has 1 amide bonds. The molecule has 0 radical (unpaired) electrons. The summed E-state index contributed by atoms with van der Waals surface area (Å²) in [5.41, 5.74) is -6.69. The van der Waals surface area contributed by atoms with Gasteiger partial charge in [-0.2, -0.15) is 0 Å². The zero-order chi connectivity index (χ0) is 41.9. The Labute approximate surface area is 332 Å². The van der Waals surface area contributed by atoms with Crippen LogP contribution in [0.15, 0.2) is 71.8 Å². The number of aliphatic hydroxyl groups excluding tert-OH is 1. The summed E-state index contributed by atoms with van der Waals surface area (Å²) in [5, 5.41) is 40.2. The lowest BCUT2D eigenvalue weighted by atomic mass is 9.44. The van der Waals surface area contributed by atoms with Crippen LogP contribution in [-0.2, 0) is 38.0 Å². The zero-order valence-electron chi connectivity index (χ0n) is 33.9. The molecule has 14 heteroatoms. The molecule has 2 saturated carbocycles. The SMILES string of the molecule is COC1C(=O)C2(C)C(OC)CC3OCC3(O)C2C(OC(=O)c2ccccc2)C2(O)CC(OC(=O)C(O)C(NC(=O)OC(C)(C)C)c3ccccc3)C(C)=C1C2(C)C. The average Bonchev–Trinajstić information content (AvgIpc) is 3.15. The lowest BCUT2D eigenvalue weighted by Crippen LogP contribution is -2.81. The largest absolute Gasteiger partial charge is 0.456 e. The van der Waals surface area contributed by atoms with Gasteiger partial charge >= 0.3 is 18.0 Å². The summed E-state index contributed by atoms with van der Waals surface area (Å²) in [5.74, 6) is -3.79. The predicted octanol–water partition coefficient (Wildman–Crippen LogP) is 4.00. The predicted molar refractivity (Wildman–Crippen MR) is 204 cm³/mol. The number of aliphatic hydroxyl groups is 3. The monoisotopic (exact) mass is 793 g/mol. The number of ether oxygens (including phenoxy) is 6. The first-order chi connectivity index (χ1) is 26.6. The first-order valence-corrected chi connectivity index (χ1v) is 19.2. The van der Waals surface area contributed by atoms with Crippen molar-refractivity contribution in [1.82, 2.24) is 5.32 Å². The molecule has 0 aromatic heterocycles. The van der Waals surface area contributed by atoms with Crippen molar-refractivity contribution in [2.75, 3.05) is 20.8 Å². The second-order valence-electron chi connectivity index (χ2n) is 17.4. The van der Waals surface area contributed by atoms with Crippen LogP contribution in [0.3, 0.4) is 0 Å². The highest BCUT2D eigenvalue weighted by Crippen LogP contribution is 2.64. The third-order valence-corrected chi connectivity index (χ3v) is 12.7. The first kappa shape index (κ1) is 42.4. The minimum atomic E-state index is -2.18. The first-order valence-electron chi connectivity index (χ1n) is 19.2. The molecule has 4 N–H and O–H groups in total.